The Morgan fingerprint density at radius 2 is 1.84 bits per heavy atom. The second-order valence-electron chi connectivity index (χ2n) is 9.06. The van der Waals surface area contributed by atoms with Crippen LogP contribution in [0.3, 0.4) is 0 Å². The number of nitrogens with zero attached hydrogens (tertiary/aromatic N) is 3. The maximum absolute atomic E-state index is 12.5. The van der Waals surface area contributed by atoms with Gasteiger partial charge < -0.3 is 14.5 Å². The van der Waals surface area contributed by atoms with Crippen LogP contribution in [0.1, 0.15) is 44.9 Å². The van der Waals surface area contributed by atoms with Crippen molar-refractivity contribution < 1.29 is 9.53 Å². The zero-order valence-corrected chi connectivity index (χ0v) is 20.3. The lowest BCUT2D eigenvalue weighted by molar-refractivity contribution is 0.00654. The molecule has 31 heavy (non-hydrogen) atoms. The molecule has 2 rings (SSSR count). The number of amides is 1. The molecule has 170 valence electrons. The van der Waals surface area contributed by atoms with Gasteiger partial charge in [-0.3, -0.25) is 4.90 Å². The number of hydrogen-bond donors (Lipinski definition) is 0. The summed E-state index contributed by atoms with van der Waals surface area (Å²) in [6.45, 7) is 22.6. The molecule has 1 unspecified atom stereocenters. The highest BCUT2D eigenvalue weighted by molar-refractivity contribution is 6.30. The van der Waals surface area contributed by atoms with E-state index in [0.29, 0.717) is 18.1 Å². The summed E-state index contributed by atoms with van der Waals surface area (Å²) in [5.74, 6) is 0. The molecule has 0 radical (unpaired) electrons. The fourth-order valence-electron chi connectivity index (χ4n) is 4.02. The molecule has 1 amide bonds. The lowest BCUT2D eigenvalue weighted by Crippen LogP contribution is -2.54. The highest BCUT2D eigenvalue weighted by Crippen LogP contribution is 2.35. The largest absolute Gasteiger partial charge is 0.444 e. The molecule has 0 aromatic heterocycles. The molecular formula is C25H36ClN3O2. The van der Waals surface area contributed by atoms with Gasteiger partial charge in [-0.1, -0.05) is 49.1 Å². The van der Waals surface area contributed by atoms with E-state index in [2.05, 4.69) is 35.6 Å². The lowest BCUT2D eigenvalue weighted by Gasteiger charge is -2.45. The molecule has 1 aliphatic heterocycles. The summed E-state index contributed by atoms with van der Waals surface area (Å²) in [7, 11) is 2.01. The van der Waals surface area contributed by atoms with Crippen molar-refractivity contribution in [2.75, 3.05) is 33.2 Å². The Hall–Kier alpha value is -2.24. The molecule has 0 saturated carbocycles. The monoisotopic (exact) mass is 445 g/mol. The van der Waals surface area contributed by atoms with Crippen LogP contribution < -0.4 is 0 Å². The number of carbonyl (C=O) groups excluding carboxylic acids is 1. The SMILES string of the molecule is C=Cc1cc(Cl)ccc1[C@@H](C(C(=C)C)N(C)C=C)N1CCN(C(=O)OC(C)(C)C)CC1. The minimum atomic E-state index is -0.503. The first kappa shape index (κ1) is 25.0. The van der Waals surface area contributed by atoms with Crippen LogP contribution in [0, 0.1) is 0 Å². The van der Waals surface area contributed by atoms with Gasteiger partial charge in [-0.05, 0) is 57.2 Å². The van der Waals surface area contributed by atoms with Crippen molar-refractivity contribution in [2.45, 2.75) is 45.4 Å². The van der Waals surface area contributed by atoms with Crippen LogP contribution in [-0.4, -0.2) is 65.7 Å². The van der Waals surface area contributed by atoms with E-state index in [1.165, 1.54) is 0 Å². The Morgan fingerprint density at radius 1 is 1.23 bits per heavy atom. The molecule has 1 aromatic rings. The summed E-state index contributed by atoms with van der Waals surface area (Å²) >= 11 is 6.26. The summed E-state index contributed by atoms with van der Waals surface area (Å²) in [5, 5.41) is 0.677. The van der Waals surface area contributed by atoms with Gasteiger partial charge >= 0.3 is 6.09 Å². The molecule has 0 aliphatic carbocycles. The number of ether oxygens (including phenoxy) is 1. The first-order chi connectivity index (χ1) is 14.5. The van der Waals surface area contributed by atoms with E-state index >= 15 is 0 Å². The predicted molar refractivity (Wildman–Crippen MR) is 130 cm³/mol. The number of likely N-dealkylation sites (N-methyl/N-ethyl adjacent to an activating group) is 1. The van der Waals surface area contributed by atoms with Gasteiger partial charge in [0.15, 0.2) is 0 Å². The van der Waals surface area contributed by atoms with Crippen LogP contribution >= 0.6 is 11.6 Å². The van der Waals surface area contributed by atoms with Crippen LogP contribution in [0.25, 0.3) is 6.08 Å². The summed E-state index contributed by atoms with van der Waals surface area (Å²) in [5.41, 5.74) is 2.66. The first-order valence-electron chi connectivity index (χ1n) is 10.6. The highest BCUT2D eigenvalue weighted by Gasteiger charge is 2.36. The third kappa shape index (κ3) is 6.37. The molecule has 1 aliphatic rings. The predicted octanol–water partition coefficient (Wildman–Crippen LogP) is 5.60. The van der Waals surface area contributed by atoms with Gasteiger partial charge in [0.1, 0.15) is 5.60 Å². The van der Waals surface area contributed by atoms with Gasteiger partial charge in [0.2, 0.25) is 0 Å². The number of carbonyl (C=O) groups is 1. The van der Waals surface area contributed by atoms with Crippen LogP contribution in [0.4, 0.5) is 4.79 Å². The van der Waals surface area contributed by atoms with Gasteiger partial charge in [-0.15, -0.1) is 0 Å². The molecule has 0 spiro atoms. The van der Waals surface area contributed by atoms with Crippen LogP contribution in [0.2, 0.25) is 5.02 Å². The second-order valence-corrected chi connectivity index (χ2v) is 9.50. The maximum atomic E-state index is 12.5. The maximum Gasteiger partial charge on any atom is 0.410 e. The number of hydrogen-bond acceptors (Lipinski definition) is 4. The Balaban J connectivity index is 2.37. The zero-order valence-electron chi connectivity index (χ0n) is 19.5. The van der Waals surface area contributed by atoms with Crippen molar-refractivity contribution in [2.24, 2.45) is 0 Å². The summed E-state index contributed by atoms with van der Waals surface area (Å²) < 4.78 is 5.55. The van der Waals surface area contributed by atoms with E-state index in [1.807, 2.05) is 59.2 Å². The molecule has 0 bridgehead atoms. The third-order valence-electron chi connectivity index (χ3n) is 5.48. The van der Waals surface area contributed by atoms with E-state index in [0.717, 1.165) is 29.8 Å². The van der Waals surface area contributed by atoms with E-state index < -0.39 is 5.60 Å². The fraction of sp³-hybridized carbons (Fsp3) is 0.480. The standard InChI is InChI=1S/C25H36ClN3O2/c1-9-19-17-20(26)11-12-21(19)23(22(18(3)4)27(8)10-2)28-13-15-29(16-14-28)24(30)31-25(5,6)7/h9-12,17,22-23H,1-3,13-16H2,4-8H3/t22?,23-/m0/s1. The highest BCUT2D eigenvalue weighted by atomic mass is 35.5. The Kier molecular flexibility index (Phi) is 8.38. The van der Waals surface area contributed by atoms with Gasteiger partial charge in [0.25, 0.3) is 0 Å². The minimum absolute atomic E-state index is 0.00505. The van der Waals surface area contributed by atoms with Crippen molar-refractivity contribution in [1.82, 2.24) is 14.7 Å². The molecular weight excluding hydrogens is 410 g/mol. The van der Waals surface area contributed by atoms with Crippen molar-refractivity contribution >= 4 is 23.8 Å². The van der Waals surface area contributed by atoms with E-state index in [-0.39, 0.29) is 18.2 Å². The van der Waals surface area contributed by atoms with Gasteiger partial charge in [0, 0.05) is 38.2 Å². The molecule has 5 nitrogen and oxygen atoms in total. The number of piperazine rings is 1. The molecule has 1 fully saturated rings. The average molecular weight is 446 g/mol. The Labute approximate surface area is 192 Å². The molecule has 1 heterocycles. The number of halogens is 1. The molecule has 0 N–H and O–H groups in total. The van der Waals surface area contributed by atoms with Gasteiger partial charge in [-0.25, -0.2) is 4.79 Å². The van der Waals surface area contributed by atoms with E-state index in [4.69, 9.17) is 16.3 Å². The Bertz CT molecular complexity index is 823. The lowest BCUT2D eigenvalue weighted by atomic mass is 9.88. The summed E-state index contributed by atoms with van der Waals surface area (Å²) in [6, 6.07) is 5.93. The van der Waals surface area contributed by atoms with Crippen molar-refractivity contribution in [1.29, 1.82) is 0 Å². The third-order valence-corrected chi connectivity index (χ3v) is 5.71. The van der Waals surface area contributed by atoms with Crippen molar-refractivity contribution in [3.8, 4) is 0 Å². The van der Waals surface area contributed by atoms with Crippen molar-refractivity contribution in [3.63, 3.8) is 0 Å². The minimum Gasteiger partial charge on any atom is -0.444 e. The summed E-state index contributed by atoms with van der Waals surface area (Å²) in [4.78, 5) is 18.8. The van der Waals surface area contributed by atoms with E-state index in [1.54, 1.807) is 4.90 Å². The van der Waals surface area contributed by atoms with Crippen LogP contribution in [0.15, 0.2) is 49.7 Å². The second kappa shape index (κ2) is 10.4. The summed E-state index contributed by atoms with van der Waals surface area (Å²) in [6.07, 6.45) is 3.41. The number of benzene rings is 1. The molecule has 1 saturated heterocycles. The molecule has 6 heteroatoms. The topological polar surface area (TPSA) is 36.0 Å². The fourth-order valence-corrected chi connectivity index (χ4v) is 4.20. The first-order valence-corrected chi connectivity index (χ1v) is 11.0. The molecule has 1 aromatic carbocycles. The molecule has 2 atom stereocenters. The number of rotatable bonds is 7. The van der Waals surface area contributed by atoms with Crippen LogP contribution in [0.5, 0.6) is 0 Å². The van der Waals surface area contributed by atoms with E-state index in [9.17, 15) is 4.79 Å². The average Bonchev–Trinajstić information content (AvgIpc) is 2.70. The van der Waals surface area contributed by atoms with Gasteiger partial charge in [0.05, 0.1) is 12.1 Å². The van der Waals surface area contributed by atoms with Crippen LogP contribution in [-0.2, 0) is 4.74 Å². The van der Waals surface area contributed by atoms with Crippen molar-refractivity contribution in [3.05, 3.63) is 65.9 Å². The quantitative estimate of drug-likeness (QED) is 0.512. The Morgan fingerprint density at radius 3 is 2.32 bits per heavy atom. The zero-order chi connectivity index (χ0) is 23.3. The smallest absolute Gasteiger partial charge is 0.410 e. The van der Waals surface area contributed by atoms with Gasteiger partial charge in [-0.2, -0.15) is 0 Å². The normalized spacial score (nSPS) is 16.9.